The SMILES string of the molecule is O=C(O)C1CC(O)CN1C(=O)N1CCCC(O)C1. The van der Waals surface area contributed by atoms with Crippen LogP contribution < -0.4 is 0 Å². The number of likely N-dealkylation sites (tertiary alicyclic amines) is 2. The molecule has 7 nitrogen and oxygen atoms in total. The molecule has 0 bridgehead atoms. The molecular formula is C11H18N2O5. The number of nitrogens with zero attached hydrogens (tertiary/aromatic N) is 2. The number of urea groups is 1. The summed E-state index contributed by atoms with van der Waals surface area (Å²) in [7, 11) is 0. The van der Waals surface area contributed by atoms with Crippen molar-refractivity contribution in [1.82, 2.24) is 9.80 Å². The minimum Gasteiger partial charge on any atom is -0.480 e. The van der Waals surface area contributed by atoms with E-state index in [4.69, 9.17) is 5.11 Å². The molecule has 0 spiro atoms. The number of carbonyl (C=O) groups is 2. The van der Waals surface area contributed by atoms with Gasteiger partial charge in [0.05, 0.1) is 12.2 Å². The Kier molecular flexibility index (Phi) is 3.72. The summed E-state index contributed by atoms with van der Waals surface area (Å²) in [5.74, 6) is -1.10. The normalized spacial score (nSPS) is 32.7. The number of β-amino-alcohol motifs (C(OH)–C–C–N with tert-alkyl or cyclic N) is 2. The fourth-order valence-corrected chi connectivity index (χ4v) is 2.57. The molecule has 2 saturated heterocycles. The van der Waals surface area contributed by atoms with Crippen LogP contribution in [0.15, 0.2) is 0 Å². The highest BCUT2D eigenvalue weighted by atomic mass is 16.4. The number of rotatable bonds is 1. The van der Waals surface area contributed by atoms with E-state index in [0.717, 1.165) is 0 Å². The quantitative estimate of drug-likeness (QED) is 0.565. The van der Waals surface area contributed by atoms with E-state index in [1.54, 1.807) is 0 Å². The van der Waals surface area contributed by atoms with Crippen molar-refractivity contribution in [3.63, 3.8) is 0 Å². The molecule has 3 N–H and O–H groups in total. The maximum atomic E-state index is 12.2. The lowest BCUT2D eigenvalue weighted by Gasteiger charge is -2.34. The Balaban J connectivity index is 2.05. The van der Waals surface area contributed by atoms with Gasteiger partial charge in [-0.15, -0.1) is 0 Å². The number of piperidine rings is 1. The maximum absolute atomic E-state index is 12.2. The lowest BCUT2D eigenvalue weighted by molar-refractivity contribution is -0.141. The van der Waals surface area contributed by atoms with Crippen LogP contribution in [0.1, 0.15) is 19.3 Å². The van der Waals surface area contributed by atoms with Crippen molar-refractivity contribution in [3.05, 3.63) is 0 Å². The van der Waals surface area contributed by atoms with Gasteiger partial charge < -0.3 is 25.1 Å². The Morgan fingerprint density at radius 2 is 1.83 bits per heavy atom. The van der Waals surface area contributed by atoms with E-state index >= 15 is 0 Å². The second-order valence-corrected chi connectivity index (χ2v) is 4.92. The Labute approximate surface area is 105 Å². The van der Waals surface area contributed by atoms with Crippen LogP contribution >= 0.6 is 0 Å². The van der Waals surface area contributed by atoms with E-state index in [2.05, 4.69) is 0 Å². The topological polar surface area (TPSA) is 101 Å². The van der Waals surface area contributed by atoms with Gasteiger partial charge in [-0.2, -0.15) is 0 Å². The van der Waals surface area contributed by atoms with E-state index in [1.807, 2.05) is 0 Å². The zero-order valence-corrected chi connectivity index (χ0v) is 10.0. The molecule has 0 saturated carbocycles. The molecule has 7 heteroatoms. The number of aliphatic carboxylic acids is 1. The van der Waals surface area contributed by atoms with E-state index in [1.165, 1.54) is 9.80 Å². The molecule has 3 atom stereocenters. The molecular weight excluding hydrogens is 240 g/mol. The third-order valence-corrected chi connectivity index (χ3v) is 3.48. The minimum absolute atomic E-state index is 0.0440. The first-order valence-corrected chi connectivity index (χ1v) is 6.13. The molecule has 0 aliphatic carbocycles. The molecule has 3 unspecified atom stereocenters. The highest BCUT2D eigenvalue weighted by Gasteiger charge is 2.41. The second kappa shape index (κ2) is 5.11. The average molecular weight is 258 g/mol. The van der Waals surface area contributed by atoms with Crippen LogP contribution in [0.4, 0.5) is 4.79 Å². The van der Waals surface area contributed by atoms with Crippen molar-refractivity contribution in [2.45, 2.75) is 37.5 Å². The maximum Gasteiger partial charge on any atom is 0.326 e. The van der Waals surface area contributed by atoms with Gasteiger partial charge in [0.15, 0.2) is 0 Å². The summed E-state index contributed by atoms with van der Waals surface area (Å²) in [6, 6.07) is -1.37. The van der Waals surface area contributed by atoms with Crippen LogP contribution in [0.5, 0.6) is 0 Å². The molecule has 102 valence electrons. The number of aliphatic hydroxyl groups is 2. The number of hydrogen-bond donors (Lipinski definition) is 3. The zero-order chi connectivity index (χ0) is 13.3. The van der Waals surface area contributed by atoms with Crippen molar-refractivity contribution in [2.75, 3.05) is 19.6 Å². The average Bonchev–Trinajstić information content (AvgIpc) is 2.70. The van der Waals surface area contributed by atoms with Crippen molar-refractivity contribution in [1.29, 1.82) is 0 Å². The van der Waals surface area contributed by atoms with Gasteiger partial charge in [-0.05, 0) is 12.8 Å². The first-order chi connectivity index (χ1) is 8.49. The van der Waals surface area contributed by atoms with Crippen LogP contribution in [0.3, 0.4) is 0 Å². The summed E-state index contributed by atoms with van der Waals surface area (Å²) >= 11 is 0. The van der Waals surface area contributed by atoms with Gasteiger partial charge in [-0.3, -0.25) is 0 Å². The lowest BCUT2D eigenvalue weighted by atomic mass is 10.1. The molecule has 2 amide bonds. The van der Waals surface area contributed by atoms with Crippen LogP contribution in [-0.2, 0) is 4.79 Å². The number of amides is 2. The fraction of sp³-hybridized carbons (Fsp3) is 0.818. The van der Waals surface area contributed by atoms with Gasteiger partial charge in [0.2, 0.25) is 0 Å². The molecule has 2 rings (SSSR count). The number of carboxylic acid groups (broad SMARTS) is 1. The predicted octanol–water partition coefficient (Wildman–Crippen LogP) is -0.917. The third kappa shape index (κ3) is 2.56. The van der Waals surface area contributed by atoms with Crippen LogP contribution in [0, 0.1) is 0 Å². The van der Waals surface area contributed by atoms with Crippen molar-refractivity contribution < 1.29 is 24.9 Å². The van der Waals surface area contributed by atoms with Gasteiger partial charge >= 0.3 is 12.0 Å². The predicted molar refractivity (Wildman–Crippen MR) is 61.0 cm³/mol. The largest absolute Gasteiger partial charge is 0.480 e. The molecule has 0 aromatic carbocycles. The number of hydrogen-bond acceptors (Lipinski definition) is 4. The highest BCUT2D eigenvalue weighted by Crippen LogP contribution is 2.21. The van der Waals surface area contributed by atoms with Gasteiger partial charge in [0.25, 0.3) is 0 Å². The van der Waals surface area contributed by atoms with Crippen molar-refractivity contribution in [3.8, 4) is 0 Å². The van der Waals surface area contributed by atoms with Crippen molar-refractivity contribution >= 4 is 12.0 Å². The second-order valence-electron chi connectivity index (χ2n) is 4.92. The Morgan fingerprint density at radius 1 is 1.11 bits per heavy atom. The summed E-state index contributed by atoms with van der Waals surface area (Å²) in [5, 5.41) is 28.0. The lowest BCUT2D eigenvalue weighted by Crippen LogP contribution is -2.52. The summed E-state index contributed by atoms with van der Waals surface area (Å²) in [5.41, 5.74) is 0. The summed E-state index contributed by atoms with van der Waals surface area (Å²) in [6.45, 7) is 0.801. The molecule has 0 aromatic heterocycles. The fourth-order valence-electron chi connectivity index (χ4n) is 2.57. The van der Waals surface area contributed by atoms with Gasteiger partial charge in [0.1, 0.15) is 6.04 Å². The van der Waals surface area contributed by atoms with E-state index in [-0.39, 0.29) is 19.5 Å². The van der Waals surface area contributed by atoms with Crippen LogP contribution in [0.25, 0.3) is 0 Å². The molecule has 2 heterocycles. The minimum atomic E-state index is -1.10. The Bertz CT molecular complexity index is 348. The van der Waals surface area contributed by atoms with E-state index < -0.39 is 30.3 Å². The summed E-state index contributed by atoms with van der Waals surface area (Å²) in [6.07, 6.45) is 0.107. The van der Waals surface area contributed by atoms with Crippen LogP contribution in [0.2, 0.25) is 0 Å². The van der Waals surface area contributed by atoms with Crippen LogP contribution in [-0.4, -0.2) is 75.0 Å². The molecule has 0 radical (unpaired) electrons. The Morgan fingerprint density at radius 3 is 2.44 bits per heavy atom. The zero-order valence-electron chi connectivity index (χ0n) is 10.0. The number of aliphatic hydroxyl groups excluding tert-OH is 2. The first kappa shape index (κ1) is 13.1. The molecule has 2 aliphatic rings. The van der Waals surface area contributed by atoms with E-state index in [0.29, 0.717) is 19.4 Å². The summed E-state index contributed by atoms with van der Waals surface area (Å²) < 4.78 is 0. The van der Waals surface area contributed by atoms with Crippen molar-refractivity contribution in [2.24, 2.45) is 0 Å². The van der Waals surface area contributed by atoms with Gasteiger partial charge in [0, 0.05) is 26.1 Å². The molecule has 0 aromatic rings. The molecule has 18 heavy (non-hydrogen) atoms. The first-order valence-electron chi connectivity index (χ1n) is 6.13. The Hall–Kier alpha value is -1.34. The molecule has 2 fully saturated rings. The monoisotopic (exact) mass is 258 g/mol. The van der Waals surface area contributed by atoms with E-state index in [9.17, 15) is 19.8 Å². The smallest absolute Gasteiger partial charge is 0.326 e. The van der Waals surface area contributed by atoms with Gasteiger partial charge in [-0.25, -0.2) is 9.59 Å². The van der Waals surface area contributed by atoms with Gasteiger partial charge in [-0.1, -0.05) is 0 Å². The highest BCUT2D eigenvalue weighted by molar-refractivity contribution is 5.83. The standard InChI is InChI=1S/C11H18N2O5/c14-7-2-1-3-12(5-7)11(18)13-6-8(15)4-9(13)10(16)17/h7-9,14-15H,1-6H2,(H,16,17). The summed E-state index contributed by atoms with van der Waals surface area (Å²) in [4.78, 5) is 25.9. The number of carbonyl (C=O) groups excluding carboxylic acids is 1. The third-order valence-electron chi connectivity index (χ3n) is 3.48. The number of carboxylic acids is 1. The molecule has 2 aliphatic heterocycles.